The summed E-state index contributed by atoms with van der Waals surface area (Å²) in [5.74, 6) is 1.78. The molecule has 5 rings (SSSR count). The summed E-state index contributed by atoms with van der Waals surface area (Å²) < 4.78 is 13.8. The van der Waals surface area contributed by atoms with Gasteiger partial charge in [0.15, 0.2) is 5.78 Å². The summed E-state index contributed by atoms with van der Waals surface area (Å²) in [6.45, 7) is 5.68. The molecular formula is C23H27FN2O. The molecule has 0 unspecified atom stereocenters. The average Bonchev–Trinajstić information content (AvgIpc) is 2.99. The van der Waals surface area contributed by atoms with Gasteiger partial charge in [0.2, 0.25) is 0 Å². The molecule has 4 heteroatoms. The van der Waals surface area contributed by atoms with Crippen LogP contribution in [-0.4, -0.2) is 17.3 Å². The molecule has 1 saturated carbocycles. The first kappa shape index (κ1) is 17.2. The van der Waals surface area contributed by atoms with E-state index in [0.717, 1.165) is 31.4 Å². The van der Waals surface area contributed by atoms with Crippen LogP contribution in [-0.2, 0) is 4.79 Å². The molecule has 5 atom stereocenters. The molecule has 2 fully saturated rings. The average molecular weight is 366 g/mol. The Morgan fingerprint density at radius 3 is 2.85 bits per heavy atom. The second-order valence-corrected chi connectivity index (χ2v) is 9.40. The van der Waals surface area contributed by atoms with Gasteiger partial charge in [-0.05, 0) is 66.1 Å². The van der Waals surface area contributed by atoms with Crippen LogP contribution in [0.25, 0.3) is 5.57 Å². The summed E-state index contributed by atoms with van der Waals surface area (Å²) in [4.78, 5) is 16.0. The summed E-state index contributed by atoms with van der Waals surface area (Å²) in [6.07, 6.45) is 12.3. The van der Waals surface area contributed by atoms with Crippen molar-refractivity contribution in [1.29, 1.82) is 0 Å². The molecule has 4 aliphatic rings. The van der Waals surface area contributed by atoms with Crippen LogP contribution in [0.5, 0.6) is 0 Å². The minimum Gasteiger partial charge on any atom is -0.387 e. The van der Waals surface area contributed by atoms with Gasteiger partial charge in [-0.15, -0.1) is 0 Å². The highest BCUT2D eigenvalue weighted by Crippen LogP contribution is 2.64. The minimum atomic E-state index is -0.261. The molecule has 142 valence electrons. The molecule has 0 aromatic carbocycles. The van der Waals surface area contributed by atoms with E-state index < -0.39 is 0 Å². The molecule has 0 bridgehead atoms. The van der Waals surface area contributed by atoms with Gasteiger partial charge in [0.05, 0.1) is 6.20 Å². The predicted octanol–water partition coefficient (Wildman–Crippen LogP) is 4.51. The van der Waals surface area contributed by atoms with E-state index in [2.05, 4.69) is 30.2 Å². The summed E-state index contributed by atoms with van der Waals surface area (Å²) >= 11 is 0. The molecule has 1 aromatic heterocycles. The number of halogens is 1. The lowest BCUT2D eigenvalue weighted by Gasteiger charge is -2.58. The second-order valence-electron chi connectivity index (χ2n) is 9.40. The van der Waals surface area contributed by atoms with E-state index in [1.54, 1.807) is 6.07 Å². The Hall–Kier alpha value is -1.97. The Balaban J connectivity index is 1.48. The zero-order chi connectivity index (χ0) is 18.8. The SMILES string of the molecule is C[C@]12CCC(=O)C=C1NC[C@@H]1[C@@H]2CC[C@]2(C)C(c3cncc(F)c3)=CC[C@@H]12. The lowest BCUT2D eigenvalue weighted by molar-refractivity contribution is -0.117. The van der Waals surface area contributed by atoms with Crippen LogP contribution in [0.4, 0.5) is 4.39 Å². The van der Waals surface area contributed by atoms with Crippen molar-refractivity contribution < 1.29 is 9.18 Å². The van der Waals surface area contributed by atoms with Gasteiger partial charge < -0.3 is 5.32 Å². The monoisotopic (exact) mass is 366 g/mol. The zero-order valence-electron chi connectivity index (χ0n) is 16.1. The van der Waals surface area contributed by atoms with Crippen LogP contribution in [0, 0.1) is 34.4 Å². The summed E-state index contributed by atoms with van der Waals surface area (Å²) in [7, 11) is 0. The van der Waals surface area contributed by atoms with E-state index in [1.807, 2.05) is 12.3 Å². The third kappa shape index (κ3) is 2.38. The lowest BCUT2D eigenvalue weighted by atomic mass is 9.50. The number of aromatic nitrogens is 1. The predicted molar refractivity (Wildman–Crippen MR) is 103 cm³/mol. The molecule has 3 aliphatic carbocycles. The molecule has 1 saturated heterocycles. The van der Waals surface area contributed by atoms with Crippen molar-refractivity contribution in [2.24, 2.45) is 28.6 Å². The fourth-order valence-electron chi connectivity index (χ4n) is 6.72. The van der Waals surface area contributed by atoms with Crippen molar-refractivity contribution in [3.8, 4) is 0 Å². The number of carbonyl (C=O) groups excluding carboxylic acids is 1. The Kier molecular flexibility index (Phi) is 3.66. The van der Waals surface area contributed by atoms with Crippen LogP contribution in [0.3, 0.4) is 0 Å². The molecule has 1 N–H and O–H groups in total. The summed E-state index contributed by atoms with van der Waals surface area (Å²) in [6, 6.07) is 1.63. The zero-order valence-corrected chi connectivity index (χ0v) is 16.1. The van der Waals surface area contributed by atoms with Gasteiger partial charge in [0, 0.05) is 36.4 Å². The Morgan fingerprint density at radius 1 is 1.19 bits per heavy atom. The molecule has 3 nitrogen and oxygen atoms in total. The van der Waals surface area contributed by atoms with Gasteiger partial charge in [-0.1, -0.05) is 19.9 Å². The van der Waals surface area contributed by atoms with Crippen LogP contribution in [0.2, 0.25) is 0 Å². The fourth-order valence-corrected chi connectivity index (χ4v) is 6.72. The first-order valence-corrected chi connectivity index (χ1v) is 10.2. The maximum absolute atomic E-state index is 13.8. The number of pyridine rings is 1. The number of carbonyl (C=O) groups is 1. The normalized spacial score (nSPS) is 40.3. The number of rotatable bonds is 1. The van der Waals surface area contributed by atoms with Gasteiger partial charge in [0.25, 0.3) is 0 Å². The fraction of sp³-hybridized carbons (Fsp3) is 0.565. The first-order chi connectivity index (χ1) is 12.9. The highest BCUT2D eigenvalue weighted by atomic mass is 19.1. The molecular weight excluding hydrogens is 339 g/mol. The van der Waals surface area contributed by atoms with Crippen molar-refractivity contribution in [1.82, 2.24) is 10.3 Å². The van der Waals surface area contributed by atoms with E-state index >= 15 is 0 Å². The maximum Gasteiger partial charge on any atom is 0.157 e. The number of nitrogens with zero attached hydrogens (tertiary/aromatic N) is 1. The number of fused-ring (bicyclic) bond motifs is 5. The van der Waals surface area contributed by atoms with Crippen molar-refractivity contribution in [2.75, 3.05) is 6.54 Å². The van der Waals surface area contributed by atoms with Crippen molar-refractivity contribution in [3.05, 3.63) is 47.7 Å². The molecule has 0 amide bonds. The number of nitrogens with one attached hydrogen (secondary N) is 1. The van der Waals surface area contributed by atoms with Crippen molar-refractivity contribution >= 4 is 11.4 Å². The largest absolute Gasteiger partial charge is 0.387 e. The summed E-state index contributed by atoms with van der Waals surface area (Å²) in [5, 5.41) is 3.63. The Bertz CT molecular complexity index is 875. The van der Waals surface area contributed by atoms with E-state index in [1.165, 1.54) is 23.9 Å². The molecule has 1 aromatic rings. The van der Waals surface area contributed by atoms with Crippen molar-refractivity contribution in [3.63, 3.8) is 0 Å². The third-order valence-corrected chi connectivity index (χ3v) is 8.19. The number of hydrogen-bond donors (Lipinski definition) is 1. The van der Waals surface area contributed by atoms with Gasteiger partial charge in [-0.3, -0.25) is 9.78 Å². The highest BCUT2D eigenvalue weighted by molar-refractivity contribution is 5.91. The van der Waals surface area contributed by atoms with E-state index in [-0.39, 0.29) is 22.4 Å². The first-order valence-electron chi connectivity index (χ1n) is 10.2. The number of hydrogen-bond acceptors (Lipinski definition) is 3. The van der Waals surface area contributed by atoms with Crippen LogP contribution < -0.4 is 5.32 Å². The van der Waals surface area contributed by atoms with Crippen LogP contribution in [0.1, 0.15) is 51.5 Å². The molecule has 1 aliphatic heterocycles. The summed E-state index contributed by atoms with van der Waals surface area (Å²) in [5.41, 5.74) is 3.58. The van der Waals surface area contributed by atoms with Gasteiger partial charge in [0.1, 0.15) is 5.82 Å². The van der Waals surface area contributed by atoms with Crippen molar-refractivity contribution in [2.45, 2.75) is 46.0 Å². The molecule has 0 spiro atoms. The maximum atomic E-state index is 13.8. The Morgan fingerprint density at radius 2 is 2.04 bits per heavy atom. The van der Waals surface area contributed by atoms with Crippen LogP contribution >= 0.6 is 0 Å². The smallest absolute Gasteiger partial charge is 0.157 e. The molecule has 2 heterocycles. The van der Waals surface area contributed by atoms with E-state index in [0.29, 0.717) is 24.2 Å². The topological polar surface area (TPSA) is 42.0 Å². The number of ketones is 1. The van der Waals surface area contributed by atoms with Gasteiger partial charge in [-0.25, -0.2) is 4.39 Å². The third-order valence-electron chi connectivity index (χ3n) is 8.19. The lowest BCUT2D eigenvalue weighted by Crippen LogP contribution is -2.56. The number of piperidine rings is 1. The van der Waals surface area contributed by atoms with Gasteiger partial charge in [-0.2, -0.15) is 0 Å². The number of allylic oxidation sites excluding steroid dienone is 4. The quantitative estimate of drug-likeness (QED) is 0.795. The Labute approximate surface area is 160 Å². The second kappa shape index (κ2) is 5.76. The molecule has 0 radical (unpaired) electrons. The standard InChI is InChI=1S/C23H27FN2O/c1-22-8-6-20-17(13-26-21-10-16(27)5-7-23(20,21)2)19(22)4-3-18(22)14-9-15(24)12-25-11-14/h3,9-12,17,19-20,26H,4-8,13H2,1-2H3/t17-,19-,20-,22+,23+/m0/s1. The van der Waals surface area contributed by atoms with Gasteiger partial charge >= 0.3 is 0 Å². The van der Waals surface area contributed by atoms with Crippen LogP contribution in [0.15, 0.2) is 36.3 Å². The van der Waals surface area contributed by atoms with E-state index in [4.69, 9.17) is 0 Å². The highest BCUT2D eigenvalue weighted by Gasteiger charge is 2.57. The minimum absolute atomic E-state index is 0.0837. The van der Waals surface area contributed by atoms with E-state index in [9.17, 15) is 9.18 Å². The molecule has 27 heavy (non-hydrogen) atoms.